The van der Waals surface area contributed by atoms with Crippen molar-refractivity contribution in [2.75, 3.05) is 19.0 Å². The monoisotopic (exact) mass is 480 g/mol. The number of nitrogens with one attached hydrogen (secondary N) is 2. The van der Waals surface area contributed by atoms with E-state index in [0.29, 0.717) is 25.7 Å². The van der Waals surface area contributed by atoms with Crippen LogP contribution in [0.15, 0.2) is 54.6 Å². The summed E-state index contributed by atoms with van der Waals surface area (Å²) in [6.07, 6.45) is 11.4. The summed E-state index contributed by atoms with van der Waals surface area (Å²) in [4.78, 5) is 35.3. The van der Waals surface area contributed by atoms with Gasteiger partial charge in [-0.3, -0.25) is 14.4 Å². The largest absolute Gasteiger partial charge is 0.468 e. The van der Waals surface area contributed by atoms with E-state index in [9.17, 15) is 14.4 Å². The number of ether oxygens (including phenoxy) is 1. The average Bonchev–Trinajstić information content (AvgIpc) is 2.87. The molecule has 0 aliphatic rings. The predicted molar refractivity (Wildman–Crippen MR) is 140 cm³/mol. The zero-order valence-electron chi connectivity index (χ0n) is 21.0. The van der Waals surface area contributed by atoms with Crippen molar-refractivity contribution in [1.82, 2.24) is 5.32 Å². The highest BCUT2D eigenvalue weighted by Crippen LogP contribution is 2.18. The summed E-state index contributed by atoms with van der Waals surface area (Å²) in [5.41, 5.74) is 3.24. The van der Waals surface area contributed by atoms with Gasteiger partial charge in [-0.2, -0.15) is 0 Å². The van der Waals surface area contributed by atoms with Crippen molar-refractivity contribution in [1.29, 1.82) is 0 Å². The number of aryl methyl sites for hydroxylation is 2. The molecule has 6 nitrogen and oxygen atoms in total. The fourth-order valence-corrected chi connectivity index (χ4v) is 3.99. The van der Waals surface area contributed by atoms with E-state index in [1.54, 1.807) is 0 Å². The SMILES string of the molecule is COC(=O)CNC(=O)CCCc1ccccc1NC(=O)CCCCCCCCCc1ccccc1. The molecular weight excluding hydrogens is 440 g/mol. The molecule has 190 valence electrons. The van der Waals surface area contributed by atoms with E-state index in [2.05, 4.69) is 45.7 Å². The molecule has 0 heterocycles. The molecule has 0 aliphatic carbocycles. The first-order chi connectivity index (χ1) is 17.1. The molecule has 0 aliphatic heterocycles. The van der Waals surface area contributed by atoms with E-state index >= 15 is 0 Å². The summed E-state index contributed by atoms with van der Waals surface area (Å²) in [5, 5.41) is 5.57. The quantitative estimate of drug-likeness (QED) is 0.228. The van der Waals surface area contributed by atoms with E-state index in [4.69, 9.17) is 0 Å². The van der Waals surface area contributed by atoms with Crippen LogP contribution in [0.1, 0.15) is 75.3 Å². The Bertz CT molecular complexity index is 899. The van der Waals surface area contributed by atoms with Gasteiger partial charge < -0.3 is 15.4 Å². The number of anilines is 1. The van der Waals surface area contributed by atoms with Gasteiger partial charge in [-0.25, -0.2) is 0 Å². The zero-order valence-corrected chi connectivity index (χ0v) is 21.0. The Labute approximate surface area is 209 Å². The second-order valence-electron chi connectivity index (χ2n) is 8.87. The Kier molecular flexibility index (Phi) is 13.9. The lowest BCUT2D eigenvalue weighted by Gasteiger charge is -2.11. The van der Waals surface area contributed by atoms with Crippen LogP contribution in [0.4, 0.5) is 5.69 Å². The van der Waals surface area contributed by atoms with Crippen LogP contribution >= 0.6 is 0 Å². The van der Waals surface area contributed by atoms with E-state index in [0.717, 1.165) is 30.5 Å². The van der Waals surface area contributed by atoms with Crippen LogP contribution in [-0.2, 0) is 32.0 Å². The smallest absolute Gasteiger partial charge is 0.325 e. The van der Waals surface area contributed by atoms with Crippen molar-refractivity contribution in [3.63, 3.8) is 0 Å². The highest BCUT2D eigenvalue weighted by Gasteiger charge is 2.09. The fourth-order valence-electron chi connectivity index (χ4n) is 3.99. The van der Waals surface area contributed by atoms with Gasteiger partial charge in [0.1, 0.15) is 6.54 Å². The third-order valence-electron chi connectivity index (χ3n) is 6.01. The van der Waals surface area contributed by atoms with Gasteiger partial charge in [0.05, 0.1) is 7.11 Å². The highest BCUT2D eigenvalue weighted by molar-refractivity contribution is 5.91. The highest BCUT2D eigenvalue weighted by atomic mass is 16.5. The molecule has 0 unspecified atom stereocenters. The summed E-state index contributed by atoms with van der Waals surface area (Å²) in [6.45, 7) is -0.115. The van der Waals surface area contributed by atoms with Gasteiger partial charge in [0.25, 0.3) is 0 Å². The number of carbonyl (C=O) groups is 3. The molecule has 0 bridgehead atoms. The second-order valence-corrected chi connectivity index (χ2v) is 8.87. The number of methoxy groups -OCH3 is 1. The predicted octanol–water partition coefficient (Wildman–Crippen LogP) is 5.60. The molecule has 0 saturated heterocycles. The third kappa shape index (κ3) is 12.8. The van der Waals surface area contributed by atoms with Crippen LogP contribution in [0.3, 0.4) is 0 Å². The summed E-state index contributed by atoms with van der Waals surface area (Å²) in [5.74, 6) is -0.616. The van der Waals surface area contributed by atoms with Crippen molar-refractivity contribution >= 4 is 23.5 Å². The van der Waals surface area contributed by atoms with Gasteiger partial charge in [0, 0.05) is 18.5 Å². The Morgan fingerprint density at radius 3 is 2.06 bits per heavy atom. The molecule has 2 amide bonds. The van der Waals surface area contributed by atoms with Gasteiger partial charge in [0.2, 0.25) is 11.8 Å². The maximum Gasteiger partial charge on any atom is 0.325 e. The van der Waals surface area contributed by atoms with E-state index in [-0.39, 0.29) is 18.4 Å². The molecule has 2 N–H and O–H groups in total. The number of esters is 1. The molecule has 2 aromatic rings. The number of carbonyl (C=O) groups excluding carboxylic acids is 3. The van der Waals surface area contributed by atoms with Gasteiger partial charge in [-0.1, -0.05) is 80.6 Å². The van der Waals surface area contributed by atoms with Crippen LogP contribution in [0.5, 0.6) is 0 Å². The minimum Gasteiger partial charge on any atom is -0.468 e. The lowest BCUT2D eigenvalue weighted by atomic mass is 10.0. The maximum absolute atomic E-state index is 12.4. The van der Waals surface area contributed by atoms with Crippen molar-refractivity contribution in [2.45, 2.75) is 77.0 Å². The minimum absolute atomic E-state index is 0.0381. The Balaban J connectivity index is 1.55. The van der Waals surface area contributed by atoms with Crippen LogP contribution < -0.4 is 10.6 Å². The number of benzene rings is 2. The number of unbranched alkanes of at least 4 members (excludes halogenated alkanes) is 6. The number of hydrogen-bond donors (Lipinski definition) is 2. The van der Waals surface area contributed by atoms with E-state index in [1.807, 2.05) is 24.3 Å². The third-order valence-corrected chi connectivity index (χ3v) is 6.01. The van der Waals surface area contributed by atoms with Crippen LogP contribution in [0.25, 0.3) is 0 Å². The number of para-hydroxylation sites is 1. The molecule has 2 rings (SSSR count). The maximum atomic E-state index is 12.4. The molecule has 0 atom stereocenters. The average molecular weight is 481 g/mol. The molecule has 0 spiro atoms. The second kappa shape index (κ2) is 17.3. The summed E-state index contributed by atoms with van der Waals surface area (Å²) in [7, 11) is 1.29. The summed E-state index contributed by atoms with van der Waals surface area (Å²) in [6, 6.07) is 18.4. The molecular formula is C29H40N2O4. The zero-order chi connectivity index (χ0) is 25.1. The minimum atomic E-state index is -0.467. The van der Waals surface area contributed by atoms with E-state index in [1.165, 1.54) is 44.8 Å². The van der Waals surface area contributed by atoms with Gasteiger partial charge in [-0.15, -0.1) is 0 Å². The Morgan fingerprint density at radius 1 is 0.686 bits per heavy atom. The molecule has 0 radical (unpaired) electrons. The van der Waals surface area contributed by atoms with Crippen molar-refractivity contribution in [3.05, 3.63) is 65.7 Å². The van der Waals surface area contributed by atoms with Crippen molar-refractivity contribution in [3.8, 4) is 0 Å². The van der Waals surface area contributed by atoms with Crippen LogP contribution in [0, 0.1) is 0 Å². The first-order valence-electron chi connectivity index (χ1n) is 12.8. The molecule has 0 fully saturated rings. The molecule has 6 heteroatoms. The van der Waals surface area contributed by atoms with Crippen molar-refractivity contribution in [2.24, 2.45) is 0 Å². The molecule has 2 aromatic carbocycles. The lowest BCUT2D eigenvalue weighted by molar-refractivity contribution is -0.141. The molecule has 35 heavy (non-hydrogen) atoms. The standard InChI is InChI=1S/C29H40N2O4/c1-35-29(34)23-30-27(32)22-14-19-25-18-12-13-20-26(25)31-28(33)21-11-6-4-2-3-5-8-15-24-16-9-7-10-17-24/h7,9-10,12-13,16-18,20H,2-6,8,11,14-15,19,21-23H2,1H3,(H,30,32)(H,31,33). The number of hydrogen-bond acceptors (Lipinski definition) is 4. The van der Waals surface area contributed by atoms with Crippen molar-refractivity contribution < 1.29 is 19.1 Å². The first-order valence-corrected chi connectivity index (χ1v) is 12.8. The molecule has 0 saturated carbocycles. The number of amides is 2. The number of rotatable bonds is 17. The fraction of sp³-hybridized carbons (Fsp3) is 0.483. The summed E-state index contributed by atoms with van der Waals surface area (Å²) >= 11 is 0. The first kappa shape index (κ1) is 28.1. The van der Waals surface area contributed by atoms with Gasteiger partial charge in [-0.05, 0) is 49.3 Å². The summed E-state index contributed by atoms with van der Waals surface area (Å²) < 4.78 is 4.51. The topological polar surface area (TPSA) is 84.5 Å². The van der Waals surface area contributed by atoms with E-state index < -0.39 is 5.97 Å². The lowest BCUT2D eigenvalue weighted by Crippen LogP contribution is -2.29. The normalized spacial score (nSPS) is 10.5. The van der Waals surface area contributed by atoms with Crippen LogP contribution in [-0.4, -0.2) is 31.4 Å². The van der Waals surface area contributed by atoms with Gasteiger partial charge in [0.15, 0.2) is 0 Å². The Hall–Kier alpha value is -3.15. The Morgan fingerprint density at radius 2 is 1.31 bits per heavy atom. The van der Waals surface area contributed by atoms with Crippen LogP contribution in [0.2, 0.25) is 0 Å². The van der Waals surface area contributed by atoms with Gasteiger partial charge >= 0.3 is 5.97 Å². The molecule has 0 aromatic heterocycles.